The van der Waals surface area contributed by atoms with Crippen LogP contribution >= 0.6 is 0 Å². The maximum absolute atomic E-state index is 11.9. The highest BCUT2D eigenvalue weighted by Gasteiger charge is 2.21. The number of carbonyl (C=O) groups is 2. The van der Waals surface area contributed by atoms with Crippen LogP contribution in [0.5, 0.6) is 0 Å². The summed E-state index contributed by atoms with van der Waals surface area (Å²) in [6.45, 7) is 4.14. The molecule has 1 rings (SSSR count). The number of morpholine rings is 1. The first-order valence-corrected chi connectivity index (χ1v) is 5.52. The third kappa shape index (κ3) is 4.44. The second-order valence-corrected chi connectivity index (χ2v) is 3.68. The summed E-state index contributed by atoms with van der Waals surface area (Å²) < 4.78 is 9.60. The Bertz CT molecular complexity index is 298. The molecule has 1 saturated heterocycles. The summed E-state index contributed by atoms with van der Waals surface area (Å²) in [6.07, 6.45) is 2.66. The zero-order valence-electron chi connectivity index (χ0n) is 10.1. The predicted octanol–water partition coefficient (Wildman–Crippen LogP) is -0.490. The van der Waals surface area contributed by atoms with E-state index in [1.807, 2.05) is 0 Å². The fourth-order valence-corrected chi connectivity index (χ4v) is 1.46. The number of esters is 1. The summed E-state index contributed by atoms with van der Waals surface area (Å²) in [5.74, 6) is -0.452. The lowest BCUT2D eigenvalue weighted by molar-refractivity contribution is -0.137. The number of nitrogens with zero attached hydrogens (tertiary/aromatic N) is 1. The zero-order valence-corrected chi connectivity index (χ0v) is 10.1. The number of hydrogen-bond donors (Lipinski definition) is 1. The first-order valence-electron chi connectivity index (χ1n) is 5.52. The van der Waals surface area contributed by atoms with E-state index in [4.69, 9.17) is 4.74 Å². The highest BCUT2D eigenvalue weighted by molar-refractivity contribution is 5.83. The normalized spacial score (nSPS) is 17.9. The molecule has 1 aliphatic rings. The molecule has 0 spiro atoms. The van der Waals surface area contributed by atoms with Gasteiger partial charge in [0.05, 0.1) is 20.3 Å². The van der Waals surface area contributed by atoms with Crippen LogP contribution in [-0.2, 0) is 19.1 Å². The molecular weight excluding hydrogens is 224 g/mol. The largest absolute Gasteiger partial charge is 0.466 e. The first kappa shape index (κ1) is 13.5. The zero-order chi connectivity index (χ0) is 12.7. The molecule has 0 aromatic heterocycles. The average molecular weight is 242 g/mol. The molecule has 0 aromatic rings. The Labute approximate surface area is 101 Å². The number of carbonyl (C=O) groups excluding carboxylic acids is 2. The fraction of sp³-hybridized carbons (Fsp3) is 0.636. The van der Waals surface area contributed by atoms with Crippen molar-refractivity contribution >= 4 is 11.9 Å². The lowest BCUT2D eigenvalue weighted by Crippen LogP contribution is -2.48. The Hall–Kier alpha value is -1.56. The lowest BCUT2D eigenvalue weighted by atomic mass is 10.2. The first-order chi connectivity index (χ1) is 8.15. The quantitative estimate of drug-likeness (QED) is 0.532. The molecule has 0 radical (unpaired) electrons. The van der Waals surface area contributed by atoms with Gasteiger partial charge < -0.3 is 19.7 Å². The van der Waals surface area contributed by atoms with Crippen LogP contribution in [-0.4, -0.2) is 56.2 Å². The third-order valence-corrected chi connectivity index (χ3v) is 2.46. The SMILES string of the molecule is COC(=O)/C=C/NC(C)C(=O)N1CCOCC1. The topological polar surface area (TPSA) is 67.9 Å². The molecule has 1 fully saturated rings. The molecule has 1 aliphatic heterocycles. The number of hydrogen-bond acceptors (Lipinski definition) is 5. The van der Waals surface area contributed by atoms with E-state index < -0.39 is 5.97 Å². The van der Waals surface area contributed by atoms with Gasteiger partial charge in [-0.15, -0.1) is 0 Å². The van der Waals surface area contributed by atoms with Crippen molar-refractivity contribution in [2.45, 2.75) is 13.0 Å². The number of ether oxygens (including phenoxy) is 2. The van der Waals surface area contributed by atoms with Crippen LogP contribution in [0, 0.1) is 0 Å². The maximum atomic E-state index is 11.9. The minimum absolute atomic E-state index is 0.00261. The molecule has 6 heteroatoms. The Morgan fingerprint density at radius 2 is 2.06 bits per heavy atom. The van der Waals surface area contributed by atoms with Gasteiger partial charge in [-0.05, 0) is 6.92 Å². The molecule has 1 amide bonds. The van der Waals surface area contributed by atoms with E-state index in [0.717, 1.165) is 0 Å². The van der Waals surface area contributed by atoms with Crippen LogP contribution in [0.1, 0.15) is 6.92 Å². The molecule has 1 heterocycles. The second kappa shape index (κ2) is 6.90. The number of amides is 1. The van der Waals surface area contributed by atoms with Crippen molar-refractivity contribution in [1.82, 2.24) is 10.2 Å². The summed E-state index contributed by atoms with van der Waals surface area (Å²) in [6, 6.07) is -0.367. The molecule has 6 nitrogen and oxygen atoms in total. The minimum Gasteiger partial charge on any atom is -0.466 e. The van der Waals surface area contributed by atoms with Gasteiger partial charge in [-0.2, -0.15) is 0 Å². The smallest absolute Gasteiger partial charge is 0.331 e. The summed E-state index contributed by atoms with van der Waals surface area (Å²) in [7, 11) is 1.30. The Kier molecular flexibility index (Phi) is 5.48. The van der Waals surface area contributed by atoms with Gasteiger partial charge in [0.1, 0.15) is 6.04 Å². The average Bonchev–Trinajstić information content (AvgIpc) is 2.38. The van der Waals surface area contributed by atoms with Crippen LogP contribution in [0.4, 0.5) is 0 Å². The van der Waals surface area contributed by atoms with Gasteiger partial charge in [0.25, 0.3) is 0 Å². The van der Waals surface area contributed by atoms with Gasteiger partial charge in [0.2, 0.25) is 5.91 Å². The summed E-state index contributed by atoms with van der Waals surface area (Å²) in [4.78, 5) is 24.4. The van der Waals surface area contributed by atoms with Crippen molar-refractivity contribution in [3.8, 4) is 0 Å². The minimum atomic E-state index is -0.455. The number of rotatable bonds is 4. The van der Waals surface area contributed by atoms with E-state index in [1.54, 1.807) is 11.8 Å². The molecule has 0 bridgehead atoms. The van der Waals surface area contributed by atoms with Crippen LogP contribution in [0.2, 0.25) is 0 Å². The highest BCUT2D eigenvalue weighted by atomic mass is 16.5. The summed E-state index contributed by atoms with van der Waals surface area (Å²) >= 11 is 0. The molecule has 0 saturated carbocycles. The fourth-order valence-electron chi connectivity index (χ4n) is 1.46. The lowest BCUT2D eigenvalue weighted by Gasteiger charge is -2.29. The van der Waals surface area contributed by atoms with Crippen LogP contribution < -0.4 is 5.32 Å². The highest BCUT2D eigenvalue weighted by Crippen LogP contribution is 2.00. The maximum Gasteiger partial charge on any atom is 0.331 e. The Balaban J connectivity index is 2.35. The predicted molar refractivity (Wildman–Crippen MR) is 61.2 cm³/mol. The van der Waals surface area contributed by atoms with Gasteiger partial charge in [-0.25, -0.2) is 4.79 Å². The summed E-state index contributed by atoms with van der Waals surface area (Å²) in [5.41, 5.74) is 0. The van der Waals surface area contributed by atoms with Gasteiger partial charge >= 0.3 is 5.97 Å². The van der Waals surface area contributed by atoms with Crippen molar-refractivity contribution in [2.24, 2.45) is 0 Å². The van der Waals surface area contributed by atoms with E-state index in [1.165, 1.54) is 19.4 Å². The van der Waals surface area contributed by atoms with E-state index in [-0.39, 0.29) is 11.9 Å². The van der Waals surface area contributed by atoms with Crippen molar-refractivity contribution in [1.29, 1.82) is 0 Å². The molecule has 1 atom stereocenters. The number of methoxy groups -OCH3 is 1. The van der Waals surface area contributed by atoms with Gasteiger partial charge in [0.15, 0.2) is 0 Å². The van der Waals surface area contributed by atoms with Crippen molar-refractivity contribution in [2.75, 3.05) is 33.4 Å². The van der Waals surface area contributed by atoms with Crippen LogP contribution in [0.3, 0.4) is 0 Å². The van der Waals surface area contributed by atoms with Crippen LogP contribution in [0.15, 0.2) is 12.3 Å². The van der Waals surface area contributed by atoms with Gasteiger partial charge in [-0.1, -0.05) is 0 Å². The third-order valence-electron chi connectivity index (χ3n) is 2.46. The molecule has 96 valence electrons. The molecule has 1 N–H and O–H groups in total. The van der Waals surface area contributed by atoms with E-state index in [0.29, 0.717) is 26.3 Å². The van der Waals surface area contributed by atoms with Crippen molar-refractivity contribution < 1.29 is 19.1 Å². The van der Waals surface area contributed by atoms with Crippen molar-refractivity contribution in [3.05, 3.63) is 12.3 Å². The molecule has 0 aromatic carbocycles. The standard InChI is InChI=1S/C11H18N2O4/c1-9(12-4-3-10(14)16-2)11(15)13-5-7-17-8-6-13/h3-4,9,12H,5-8H2,1-2H3/b4-3+. The van der Waals surface area contributed by atoms with Gasteiger partial charge in [-0.3, -0.25) is 4.79 Å². The molecule has 17 heavy (non-hydrogen) atoms. The van der Waals surface area contributed by atoms with E-state index in [9.17, 15) is 9.59 Å². The Morgan fingerprint density at radius 1 is 1.41 bits per heavy atom. The van der Waals surface area contributed by atoms with E-state index >= 15 is 0 Å². The molecule has 0 aliphatic carbocycles. The number of nitrogens with one attached hydrogen (secondary N) is 1. The molecular formula is C11H18N2O4. The molecule has 1 unspecified atom stereocenters. The van der Waals surface area contributed by atoms with E-state index in [2.05, 4.69) is 10.1 Å². The van der Waals surface area contributed by atoms with Crippen LogP contribution in [0.25, 0.3) is 0 Å². The summed E-state index contributed by atoms with van der Waals surface area (Å²) in [5, 5.41) is 2.83. The Morgan fingerprint density at radius 3 is 2.65 bits per heavy atom. The van der Waals surface area contributed by atoms with Crippen molar-refractivity contribution in [3.63, 3.8) is 0 Å². The second-order valence-electron chi connectivity index (χ2n) is 3.68. The van der Waals surface area contributed by atoms with Gasteiger partial charge in [0, 0.05) is 25.4 Å². The monoisotopic (exact) mass is 242 g/mol.